The summed E-state index contributed by atoms with van der Waals surface area (Å²) in [6.45, 7) is 1.64. The summed E-state index contributed by atoms with van der Waals surface area (Å²) in [7, 11) is 0. The summed E-state index contributed by atoms with van der Waals surface area (Å²) in [6.07, 6.45) is 0.536. The van der Waals surface area contributed by atoms with Crippen molar-refractivity contribution in [2.24, 2.45) is 0 Å². The molecule has 9 nitrogen and oxygen atoms in total. The molecule has 0 atom stereocenters. The molecule has 0 aromatic heterocycles. The van der Waals surface area contributed by atoms with Gasteiger partial charge in [0.25, 0.3) is 17.7 Å². The Hall–Kier alpha value is -4.08. The van der Waals surface area contributed by atoms with Crippen molar-refractivity contribution in [3.63, 3.8) is 0 Å². The molecule has 0 aliphatic carbocycles. The van der Waals surface area contributed by atoms with E-state index in [0.29, 0.717) is 6.42 Å². The number of benzene rings is 2. The largest absolute Gasteiger partial charge is 0.466 e. The molecule has 10 heteroatoms. The molecular weight excluding hydrogens is 435 g/mol. The summed E-state index contributed by atoms with van der Waals surface area (Å²) in [6, 6.07) is 8.73. The van der Waals surface area contributed by atoms with Crippen molar-refractivity contribution in [1.82, 2.24) is 5.32 Å². The Balaban J connectivity index is 1.56. The van der Waals surface area contributed by atoms with Gasteiger partial charge in [0.1, 0.15) is 5.82 Å². The zero-order valence-corrected chi connectivity index (χ0v) is 17.8. The Morgan fingerprint density at radius 3 is 2.36 bits per heavy atom. The van der Waals surface area contributed by atoms with E-state index in [2.05, 4.69) is 5.32 Å². The number of anilines is 1. The topological polar surface area (TPSA) is 119 Å². The molecule has 1 N–H and O–H groups in total. The molecular formula is C23H21FN2O7. The lowest BCUT2D eigenvalue weighted by Crippen LogP contribution is -2.30. The van der Waals surface area contributed by atoms with E-state index < -0.39 is 36.1 Å². The molecule has 33 heavy (non-hydrogen) atoms. The fourth-order valence-corrected chi connectivity index (χ4v) is 3.15. The van der Waals surface area contributed by atoms with Gasteiger partial charge in [0.15, 0.2) is 6.61 Å². The lowest BCUT2D eigenvalue weighted by Gasteiger charge is -2.13. The third kappa shape index (κ3) is 5.59. The van der Waals surface area contributed by atoms with Crippen LogP contribution < -0.4 is 10.2 Å². The molecule has 0 unspecified atom stereocenters. The Bertz CT molecular complexity index is 1100. The van der Waals surface area contributed by atoms with Crippen molar-refractivity contribution in [2.75, 3.05) is 24.7 Å². The molecule has 1 aliphatic rings. The number of fused-ring (bicyclic) bond motifs is 1. The predicted octanol–water partition coefficient (Wildman–Crippen LogP) is 2.24. The number of hydrogen-bond donors (Lipinski definition) is 1. The molecule has 172 valence electrons. The highest BCUT2D eigenvalue weighted by Gasteiger charge is 2.37. The number of nitrogens with one attached hydrogen (secondary N) is 1. The average molecular weight is 456 g/mol. The molecule has 1 aliphatic heterocycles. The van der Waals surface area contributed by atoms with Gasteiger partial charge in [-0.25, -0.2) is 14.1 Å². The van der Waals surface area contributed by atoms with Gasteiger partial charge in [-0.1, -0.05) is 0 Å². The van der Waals surface area contributed by atoms with Gasteiger partial charge in [-0.05, 0) is 55.8 Å². The molecule has 0 spiro atoms. The van der Waals surface area contributed by atoms with Crippen molar-refractivity contribution in [3.8, 4) is 0 Å². The number of rotatable bonds is 9. The number of esters is 2. The Morgan fingerprint density at radius 2 is 1.67 bits per heavy atom. The van der Waals surface area contributed by atoms with Gasteiger partial charge in [-0.15, -0.1) is 0 Å². The van der Waals surface area contributed by atoms with E-state index in [1.165, 1.54) is 30.3 Å². The first-order valence-electron chi connectivity index (χ1n) is 10.2. The zero-order chi connectivity index (χ0) is 24.0. The maximum absolute atomic E-state index is 13.2. The Morgan fingerprint density at radius 1 is 0.970 bits per heavy atom. The first kappa shape index (κ1) is 23.6. The van der Waals surface area contributed by atoms with Crippen LogP contribution in [0.25, 0.3) is 0 Å². The number of ether oxygens (including phenoxy) is 2. The summed E-state index contributed by atoms with van der Waals surface area (Å²) in [5, 5.41) is 2.51. The van der Waals surface area contributed by atoms with E-state index in [1.807, 2.05) is 0 Å². The second-order valence-electron chi connectivity index (χ2n) is 7.02. The number of hydrogen-bond acceptors (Lipinski definition) is 7. The minimum atomic E-state index is -0.847. The number of imide groups is 1. The van der Waals surface area contributed by atoms with E-state index in [9.17, 15) is 28.4 Å². The summed E-state index contributed by atoms with van der Waals surface area (Å²) < 4.78 is 22.9. The summed E-state index contributed by atoms with van der Waals surface area (Å²) in [4.78, 5) is 61.6. The van der Waals surface area contributed by atoms with Gasteiger partial charge >= 0.3 is 11.9 Å². The zero-order valence-electron chi connectivity index (χ0n) is 17.8. The molecule has 2 aromatic rings. The SMILES string of the molecule is CCOC(=O)CCCNC(=O)COC(=O)c1ccc2c(c1)C(=O)N(c1ccc(F)cc1)C2=O. The van der Waals surface area contributed by atoms with Crippen molar-refractivity contribution in [1.29, 1.82) is 0 Å². The number of carbonyl (C=O) groups is 5. The highest BCUT2D eigenvalue weighted by atomic mass is 19.1. The van der Waals surface area contributed by atoms with Crippen LogP contribution in [-0.2, 0) is 19.1 Å². The summed E-state index contributed by atoms with van der Waals surface area (Å²) in [5.74, 6) is -3.52. The van der Waals surface area contributed by atoms with Gasteiger partial charge in [-0.2, -0.15) is 0 Å². The maximum atomic E-state index is 13.2. The first-order valence-corrected chi connectivity index (χ1v) is 10.2. The molecule has 0 saturated heterocycles. The van der Waals surface area contributed by atoms with Crippen LogP contribution >= 0.6 is 0 Å². The van der Waals surface area contributed by atoms with Crippen LogP contribution in [0, 0.1) is 5.82 Å². The van der Waals surface area contributed by atoms with Crippen LogP contribution in [0.4, 0.5) is 10.1 Å². The highest BCUT2D eigenvalue weighted by molar-refractivity contribution is 6.34. The lowest BCUT2D eigenvalue weighted by atomic mass is 10.1. The van der Waals surface area contributed by atoms with Crippen molar-refractivity contribution < 1.29 is 37.8 Å². The molecule has 0 bridgehead atoms. The van der Waals surface area contributed by atoms with Crippen molar-refractivity contribution in [3.05, 3.63) is 65.0 Å². The van der Waals surface area contributed by atoms with Crippen LogP contribution in [0.5, 0.6) is 0 Å². The third-order valence-electron chi connectivity index (χ3n) is 4.73. The normalized spacial score (nSPS) is 12.4. The molecule has 3 rings (SSSR count). The smallest absolute Gasteiger partial charge is 0.338 e. The lowest BCUT2D eigenvalue weighted by molar-refractivity contribution is -0.143. The van der Waals surface area contributed by atoms with E-state index in [-0.39, 0.29) is 47.9 Å². The predicted molar refractivity (Wildman–Crippen MR) is 113 cm³/mol. The first-order chi connectivity index (χ1) is 15.8. The van der Waals surface area contributed by atoms with E-state index in [1.54, 1.807) is 6.92 Å². The number of amides is 3. The van der Waals surface area contributed by atoms with Gasteiger partial charge in [-0.3, -0.25) is 19.2 Å². The fraction of sp³-hybridized carbons (Fsp3) is 0.261. The minimum absolute atomic E-state index is 0.00203. The molecule has 0 fully saturated rings. The van der Waals surface area contributed by atoms with Crippen LogP contribution in [-0.4, -0.2) is 49.4 Å². The van der Waals surface area contributed by atoms with Gasteiger partial charge < -0.3 is 14.8 Å². The number of nitrogens with zero attached hydrogens (tertiary/aromatic N) is 1. The second-order valence-corrected chi connectivity index (χ2v) is 7.02. The molecule has 0 saturated carbocycles. The standard InChI is InChI=1S/C23H21FN2O7/c1-2-32-20(28)4-3-11-25-19(27)13-33-23(31)14-5-10-17-18(12-14)22(30)26(21(17)29)16-8-6-15(24)7-9-16/h5-10,12H,2-4,11,13H2,1H3,(H,25,27). The monoisotopic (exact) mass is 456 g/mol. The summed E-state index contributed by atoms with van der Waals surface area (Å²) >= 11 is 0. The number of halogens is 1. The highest BCUT2D eigenvalue weighted by Crippen LogP contribution is 2.29. The number of carbonyl (C=O) groups excluding carboxylic acids is 5. The van der Waals surface area contributed by atoms with E-state index >= 15 is 0 Å². The van der Waals surface area contributed by atoms with Crippen LogP contribution in [0.15, 0.2) is 42.5 Å². The van der Waals surface area contributed by atoms with Crippen molar-refractivity contribution in [2.45, 2.75) is 19.8 Å². The Kier molecular flexibility index (Phi) is 7.50. The van der Waals surface area contributed by atoms with E-state index in [0.717, 1.165) is 17.0 Å². The van der Waals surface area contributed by atoms with Gasteiger partial charge in [0.2, 0.25) is 0 Å². The third-order valence-corrected chi connectivity index (χ3v) is 4.73. The van der Waals surface area contributed by atoms with E-state index in [4.69, 9.17) is 9.47 Å². The van der Waals surface area contributed by atoms with Gasteiger partial charge in [0, 0.05) is 13.0 Å². The molecule has 2 aromatic carbocycles. The maximum Gasteiger partial charge on any atom is 0.338 e. The van der Waals surface area contributed by atoms with Crippen LogP contribution in [0.3, 0.4) is 0 Å². The molecule has 3 amide bonds. The van der Waals surface area contributed by atoms with Gasteiger partial charge in [0.05, 0.1) is 29.0 Å². The summed E-state index contributed by atoms with van der Waals surface area (Å²) in [5.41, 5.74) is 0.291. The minimum Gasteiger partial charge on any atom is -0.466 e. The quantitative estimate of drug-likeness (QED) is 0.349. The Labute approximate surface area is 188 Å². The average Bonchev–Trinajstić information content (AvgIpc) is 3.05. The molecule has 1 heterocycles. The fourth-order valence-electron chi connectivity index (χ4n) is 3.15. The second kappa shape index (κ2) is 10.5. The van der Waals surface area contributed by atoms with Crippen LogP contribution in [0.1, 0.15) is 50.8 Å². The molecule has 0 radical (unpaired) electrons. The van der Waals surface area contributed by atoms with Crippen LogP contribution in [0.2, 0.25) is 0 Å². The van der Waals surface area contributed by atoms with Crippen molar-refractivity contribution >= 4 is 35.3 Å².